The van der Waals surface area contributed by atoms with E-state index in [-0.39, 0.29) is 11.9 Å². The maximum Gasteiger partial charge on any atom is 0.126 e. The Morgan fingerprint density at radius 1 is 1.56 bits per heavy atom. The zero-order valence-corrected chi connectivity index (χ0v) is 10.1. The van der Waals surface area contributed by atoms with E-state index < -0.39 is 0 Å². The Labute approximate surface area is 96.6 Å². The van der Waals surface area contributed by atoms with Crippen molar-refractivity contribution in [2.75, 3.05) is 18.5 Å². The first kappa shape index (κ1) is 12.7. The molecule has 0 radical (unpaired) electrons. The summed E-state index contributed by atoms with van der Waals surface area (Å²) in [6.07, 6.45) is 1.81. The van der Waals surface area contributed by atoms with Crippen molar-refractivity contribution >= 4 is 5.69 Å². The van der Waals surface area contributed by atoms with Gasteiger partial charge in [0.25, 0.3) is 0 Å². The second-order valence-electron chi connectivity index (χ2n) is 4.12. The van der Waals surface area contributed by atoms with Crippen LogP contribution in [0.3, 0.4) is 0 Å². The van der Waals surface area contributed by atoms with Gasteiger partial charge in [0, 0.05) is 25.3 Å². The standard InChI is InChI=1S/C13H19FN2/c1-5-6-16(4)13-7-9(2)12(14)8-11(13)10(3)15/h5,7-8,10H,1,6,15H2,2-4H3/t10-/m1/s1. The van der Waals surface area contributed by atoms with Crippen molar-refractivity contribution in [1.82, 2.24) is 0 Å². The molecular weight excluding hydrogens is 203 g/mol. The van der Waals surface area contributed by atoms with Gasteiger partial charge >= 0.3 is 0 Å². The number of halogens is 1. The van der Waals surface area contributed by atoms with Crippen LogP contribution < -0.4 is 10.6 Å². The highest BCUT2D eigenvalue weighted by atomic mass is 19.1. The Kier molecular flexibility index (Phi) is 4.07. The number of likely N-dealkylation sites (N-methyl/N-ethyl adjacent to an activating group) is 1. The summed E-state index contributed by atoms with van der Waals surface area (Å²) in [5.74, 6) is -0.206. The Morgan fingerprint density at radius 3 is 2.69 bits per heavy atom. The molecule has 0 aliphatic carbocycles. The van der Waals surface area contributed by atoms with E-state index in [1.54, 1.807) is 6.92 Å². The normalized spacial score (nSPS) is 12.3. The molecule has 1 rings (SSSR count). The Balaban J connectivity index is 3.24. The topological polar surface area (TPSA) is 29.3 Å². The molecule has 2 N–H and O–H groups in total. The molecule has 16 heavy (non-hydrogen) atoms. The van der Waals surface area contributed by atoms with Crippen LogP contribution in [0.15, 0.2) is 24.8 Å². The average molecular weight is 222 g/mol. The summed E-state index contributed by atoms with van der Waals surface area (Å²) in [4.78, 5) is 2.01. The van der Waals surface area contributed by atoms with Crippen LogP contribution in [0.1, 0.15) is 24.1 Å². The molecule has 0 saturated carbocycles. The summed E-state index contributed by atoms with van der Waals surface area (Å²) in [5.41, 5.74) is 8.28. The smallest absolute Gasteiger partial charge is 0.126 e. The number of hydrogen-bond acceptors (Lipinski definition) is 2. The minimum atomic E-state index is -0.206. The highest BCUT2D eigenvalue weighted by Crippen LogP contribution is 2.27. The summed E-state index contributed by atoms with van der Waals surface area (Å²) < 4.78 is 13.5. The molecular formula is C13H19FN2. The molecule has 1 aromatic carbocycles. The van der Waals surface area contributed by atoms with E-state index in [0.717, 1.165) is 11.3 Å². The molecule has 0 aromatic heterocycles. The van der Waals surface area contributed by atoms with Gasteiger partial charge in [-0.15, -0.1) is 6.58 Å². The molecule has 0 amide bonds. The minimum absolute atomic E-state index is 0.183. The molecule has 0 bridgehead atoms. The number of aryl methyl sites for hydroxylation is 1. The van der Waals surface area contributed by atoms with E-state index in [1.165, 1.54) is 6.07 Å². The minimum Gasteiger partial charge on any atom is -0.371 e. The van der Waals surface area contributed by atoms with Crippen LogP contribution in [0.25, 0.3) is 0 Å². The third-order valence-corrected chi connectivity index (χ3v) is 2.61. The number of nitrogens with two attached hydrogens (primary N) is 1. The van der Waals surface area contributed by atoms with Gasteiger partial charge in [-0.2, -0.15) is 0 Å². The van der Waals surface area contributed by atoms with E-state index in [4.69, 9.17) is 5.73 Å². The fourth-order valence-electron chi connectivity index (χ4n) is 1.67. The number of anilines is 1. The van der Waals surface area contributed by atoms with Crippen LogP contribution >= 0.6 is 0 Å². The second kappa shape index (κ2) is 5.12. The predicted molar refractivity (Wildman–Crippen MR) is 67.2 cm³/mol. The summed E-state index contributed by atoms with van der Waals surface area (Å²) in [7, 11) is 1.94. The van der Waals surface area contributed by atoms with Crippen LogP contribution in [0.2, 0.25) is 0 Å². The van der Waals surface area contributed by atoms with E-state index in [1.807, 2.05) is 31.0 Å². The van der Waals surface area contributed by atoms with Crippen LogP contribution in [0.5, 0.6) is 0 Å². The molecule has 0 spiro atoms. The molecule has 1 atom stereocenters. The first-order valence-corrected chi connectivity index (χ1v) is 5.35. The Hall–Kier alpha value is -1.35. The van der Waals surface area contributed by atoms with Gasteiger partial charge in [0.05, 0.1) is 0 Å². The van der Waals surface area contributed by atoms with E-state index in [9.17, 15) is 4.39 Å². The van der Waals surface area contributed by atoms with E-state index in [0.29, 0.717) is 12.1 Å². The zero-order chi connectivity index (χ0) is 12.3. The lowest BCUT2D eigenvalue weighted by Crippen LogP contribution is -2.21. The Bertz CT molecular complexity index is 386. The maximum atomic E-state index is 13.5. The van der Waals surface area contributed by atoms with Gasteiger partial charge in [0.1, 0.15) is 5.82 Å². The summed E-state index contributed by atoms with van der Waals surface area (Å²) >= 11 is 0. The van der Waals surface area contributed by atoms with Crippen molar-refractivity contribution in [1.29, 1.82) is 0 Å². The average Bonchev–Trinajstić information content (AvgIpc) is 2.21. The molecule has 0 aliphatic rings. The lowest BCUT2D eigenvalue weighted by molar-refractivity contribution is 0.613. The zero-order valence-electron chi connectivity index (χ0n) is 10.1. The molecule has 0 unspecified atom stereocenters. The SMILES string of the molecule is C=CCN(C)c1cc(C)c(F)cc1[C@@H](C)N. The van der Waals surface area contributed by atoms with Crippen molar-refractivity contribution in [3.8, 4) is 0 Å². The van der Waals surface area contributed by atoms with Crippen molar-refractivity contribution in [2.45, 2.75) is 19.9 Å². The number of rotatable bonds is 4. The molecule has 0 fully saturated rings. The summed E-state index contributed by atoms with van der Waals surface area (Å²) in [6, 6.07) is 3.17. The lowest BCUT2D eigenvalue weighted by Gasteiger charge is -2.23. The van der Waals surface area contributed by atoms with Gasteiger partial charge in [-0.05, 0) is 37.1 Å². The highest BCUT2D eigenvalue weighted by molar-refractivity contribution is 5.56. The van der Waals surface area contributed by atoms with Gasteiger partial charge < -0.3 is 10.6 Å². The molecule has 3 heteroatoms. The molecule has 0 aliphatic heterocycles. The fourth-order valence-corrected chi connectivity index (χ4v) is 1.67. The second-order valence-corrected chi connectivity index (χ2v) is 4.12. The van der Waals surface area contributed by atoms with E-state index in [2.05, 4.69) is 6.58 Å². The van der Waals surface area contributed by atoms with Crippen molar-refractivity contribution < 1.29 is 4.39 Å². The molecule has 0 heterocycles. The molecule has 2 nitrogen and oxygen atoms in total. The molecule has 88 valence electrons. The number of benzene rings is 1. The largest absolute Gasteiger partial charge is 0.371 e. The fraction of sp³-hybridized carbons (Fsp3) is 0.385. The van der Waals surface area contributed by atoms with Crippen molar-refractivity contribution in [3.63, 3.8) is 0 Å². The van der Waals surface area contributed by atoms with Gasteiger partial charge in [0.15, 0.2) is 0 Å². The third kappa shape index (κ3) is 2.61. The van der Waals surface area contributed by atoms with E-state index >= 15 is 0 Å². The highest BCUT2D eigenvalue weighted by Gasteiger charge is 2.13. The van der Waals surface area contributed by atoms with Crippen LogP contribution in [0.4, 0.5) is 10.1 Å². The first-order chi connectivity index (χ1) is 7.47. The van der Waals surface area contributed by atoms with Gasteiger partial charge in [-0.1, -0.05) is 6.08 Å². The number of hydrogen-bond donors (Lipinski definition) is 1. The van der Waals surface area contributed by atoms with Crippen LogP contribution in [0, 0.1) is 12.7 Å². The first-order valence-electron chi connectivity index (χ1n) is 5.35. The van der Waals surface area contributed by atoms with Crippen LogP contribution in [-0.2, 0) is 0 Å². The predicted octanol–water partition coefficient (Wildman–Crippen LogP) is 2.78. The maximum absolute atomic E-state index is 13.5. The lowest BCUT2D eigenvalue weighted by atomic mass is 10.0. The Morgan fingerprint density at radius 2 is 2.19 bits per heavy atom. The van der Waals surface area contributed by atoms with Crippen molar-refractivity contribution in [3.05, 3.63) is 41.7 Å². The molecule has 0 saturated heterocycles. The molecule has 1 aromatic rings. The summed E-state index contributed by atoms with van der Waals surface area (Å²) in [6.45, 7) is 8.02. The third-order valence-electron chi connectivity index (χ3n) is 2.61. The van der Waals surface area contributed by atoms with Gasteiger partial charge in [-0.3, -0.25) is 0 Å². The van der Waals surface area contributed by atoms with Gasteiger partial charge in [-0.25, -0.2) is 4.39 Å². The monoisotopic (exact) mass is 222 g/mol. The van der Waals surface area contributed by atoms with Crippen molar-refractivity contribution in [2.24, 2.45) is 5.73 Å². The summed E-state index contributed by atoms with van der Waals surface area (Å²) in [5, 5.41) is 0. The quantitative estimate of drug-likeness (QED) is 0.794. The van der Waals surface area contributed by atoms with Gasteiger partial charge in [0.2, 0.25) is 0 Å². The van der Waals surface area contributed by atoms with Crippen LogP contribution in [-0.4, -0.2) is 13.6 Å². The number of nitrogens with zero attached hydrogens (tertiary/aromatic N) is 1.